The molecule has 5 nitrogen and oxygen atoms in total. The standard InChI is InChI=1S/C16H18N2O3S/c1-12(22-14-7-3-2-4-8-14)16(20)18-11-15(19)17-10-13-6-5-9-21-13/h2-9,12H,10-11H2,1H3,(H,17,19)(H,18,20). The fourth-order valence-corrected chi connectivity index (χ4v) is 2.64. The predicted molar refractivity (Wildman–Crippen MR) is 85.3 cm³/mol. The summed E-state index contributed by atoms with van der Waals surface area (Å²) in [6, 6.07) is 13.2. The minimum atomic E-state index is -0.264. The zero-order chi connectivity index (χ0) is 15.8. The Morgan fingerprint density at radius 3 is 2.59 bits per heavy atom. The van der Waals surface area contributed by atoms with E-state index in [2.05, 4.69) is 10.6 Å². The number of furan rings is 1. The Balaban J connectivity index is 1.69. The zero-order valence-corrected chi connectivity index (χ0v) is 13.1. The van der Waals surface area contributed by atoms with E-state index in [0.29, 0.717) is 12.3 Å². The summed E-state index contributed by atoms with van der Waals surface area (Å²) in [5.74, 6) is 0.261. The van der Waals surface area contributed by atoms with E-state index in [0.717, 1.165) is 4.90 Å². The van der Waals surface area contributed by atoms with Gasteiger partial charge in [0.2, 0.25) is 11.8 Å². The van der Waals surface area contributed by atoms with Gasteiger partial charge in [-0.05, 0) is 31.2 Å². The summed E-state index contributed by atoms with van der Waals surface area (Å²) in [6.07, 6.45) is 1.55. The van der Waals surface area contributed by atoms with Crippen molar-refractivity contribution >= 4 is 23.6 Å². The fraction of sp³-hybridized carbons (Fsp3) is 0.250. The van der Waals surface area contributed by atoms with Crippen LogP contribution in [-0.4, -0.2) is 23.6 Å². The van der Waals surface area contributed by atoms with Gasteiger partial charge in [-0.25, -0.2) is 0 Å². The maximum atomic E-state index is 12.0. The minimum absolute atomic E-state index is 0.0424. The number of carbonyl (C=O) groups excluding carboxylic acids is 2. The van der Waals surface area contributed by atoms with Gasteiger partial charge in [0.05, 0.1) is 24.6 Å². The molecule has 2 N–H and O–H groups in total. The summed E-state index contributed by atoms with van der Waals surface area (Å²) >= 11 is 1.46. The third-order valence-electron chi connectivity index (χ3n) is 2.89. The summed E-state index contributed by atoms with van der Waals surface area (Å²) in [6.45, 7) is 2.09. The molecule has 1 aromatic heterocycles. The molecular formula is C16H18N2O3S. The molecule has 0 spiro atoms. The van der Waals surface area contributed by atoms with Crippen molar-refractivity contribution in [2.45, 2.75) is 23.6 Å². The number of nitrogens with one attached hydrogen (secondary N) is 2. The van der Waals surface area contributed by atoms with E-state index in [4.69, 9.17) is 4.42 Å². The highest BCUT2D eigenvalue weighted by molar-refractivity contribution is 8.00. The molecule has 2 aromatic rings. The van der Waals surface area contributed by atoms with Gasteiger partial charge in [-0.2, -0.15) is 0 Å². The molecule has 1 unspecified atom stereocenters. The highest BCUT2D eigenvalue weighted by Crippen LogP contribution is 2.22. The largest absolute Gasteiger partial charge is 0.467 e. The van der Waals surface area contributed by atoms with Crippen LogP contribution in [0.5, 0.6) is 0 Å². The first-order chi connectivity index (χ1) is 10.6. The average Bonchev–Trinajstić information content (AvgIpc) is 3.05. The summed E-state index contributed by atoms with van der Waals surface area (Å²) in [5, 5.41) is 5.04. The molecule has 0 aliphatic carbocycles. The highest BCUT2D eigenvalue weighted by Gasteiger charge is 2.15. The van der Waals surface area contributed by atoms with Crippen molar-refractivity contribution in [2.75, 3.05) is 6.54 Å². The van der Waals surface area contributed by atoms with Crippen LogP contribution in [0.2, 0.25) is 0 Å². The van der Waals surface area contributed by atoms with Crippen LogP contribution in [-0.2, 0) is 16.1 Å². The minimum Gasteiger partial charge on any atom is -0.467 e. The molecule has 22 heavy (non-hydrogen) atoms. The van der Waals surface area contributed by atoms with Crippen molar-refractivity contribution in [1.82, 2.24) is 10.6 Å². The second-order valence-electron chi connectivity index (χ2n) is 4.65. The van der Waals surface area contributed by atoms with Crippen LogP contribution in [0.15, 0.2) is 58.0 Å². The number of amides is 2. The van der Waals surface area contributed by atoms with Gasteiger partial charge in [-0.3, -0.25) is 9.59 Å². The summed E-state index contributed by atoms with van der Waals surface area (Å²) in [5.41, 5.74) is 0. The van der Waals surface area contributed by atoms with E-state index in [1.54, 1.807) is 18.4 Å². The Morgan fingerprint density at radius 2 is 1.91 bits per heavy atom. The third-order valence-corrected chi connectivity index (χ3v) is 4.00. The highest BCUT2D eigenvalue weighted by atomic mass is 32.2. The second kappa shape index (κ2) is 8.29. The van der Waals surface area contributed by atoms with E-state index >= 15 is 0 Å². The van der Waals surface area contributed by atoms with Crippen molar-refractivity contribution in [3.63, 3.8) is 0 Å². The molecule has 0 saturated carbocycles. The Bertz CT molecular complexity index is 599. The van der Waals surface area contributed by atoms with Gasteiger partial charge >= 0.3 is 0 Å². The van der Waals surface area contributed by atoms with E-state index in [-0.39, 0.29) is 23.6 Å². The maximum absolute atomic E-state index is 12.0. The first-order valence-corrected chi connectivity index (χ1v) is 7.81. The van der Waals surface area contributed by atoms with Gasteiger partial charge in [0.15, 0.2) is 0 Å². The quantitative estimate of drug-likeness (QED) is 0.768. The van der Waals surface area contributed by atoms with Gasteiger partial charge in [0.25, 0.3) is 0 Å². The topological polar surface area (TPSA) is 71.3 Å². The number of hydrogen-bond donors (Lipinski definition) is 2. The van der Waals surface area contributed by atoms with Crippen LogP contribution in [0.25, 0.3) is 0 Å². The van der Waals surface area contributed by atoms with E-state index in [1.165, 1.54) is 11.8 Å². The summed E-state index contributed by atoms with van der Waals surface area (Å²) in [7, 11) is 0. The van der Waals surface area contributed by atoms with Crippen LogP contribution in [0.1, 0.15) is 12.7 Å². The molecular weight excluding hydrogens is 300 g/mol. The molecule has 1 atom stereocenters. The SMILES string of the molecule is CC(Sc1ccccc1)C(=O)NCC(=O)NCc1ccco1. The lowest BCUT2D eigenvalue weighted by molar-refractivity contribution is -0.125. The smallest absolute Gasteiger partial charge is 0.239 e. The molecule has 1 heterocycles. The molecule has 0 radical (unpaired) electrons. The fourth-order valence-electron chi connectivity index (χ4n) is 1.73. The molecule has 1 aromatic carbocycles. The Morgan fingerprint density at radius 1 is 1.14 bits per heavy atom. The van der Waals surface area contributed by atoms with Crippen molar-refractivity contribution < 1.29 is 14.0 Å². The third kappa shape index (κ3) is 5.29. The molecule has 2 amide bonds. The van der Waals surface area contributed by atoms with Crippen molar-refractivity contribution in [1.29, 1.82) is 0 Å². The lowest BCUT2D eigenvalue weighted by atomic mass is 10.4. The van der Waals surface area contributed by atoms with Crippen LogP contribution in [0.4, 0.5) is 0 Å². The van der Waals surface area contributed by atoms with Crippen LogP contribution < -0.4 is 10.6 Å². The first kappa shape index (κ1) is 16.2. The molecule has 0 saturated heterocycles. The summed E-state index contributed by atoms with van der Waals surface area (Å²) < 4.78 is 5.11. The van der Waals surface area contributed by atoms with Crippen molar-refractivity contribution in [3.05, 3.63) is 54.5 Å². The van der Waals surface area contributed by atoms with E-state index in [9.17, 15) is 9.59 Å². The van der Waals surface area contributed by atoms with Crippen molar-refractivity contribution in [2.24, 2.45) is 0 Å². The number of hydrogen-bond acceptors (Lipinski definition) is 4. The summed E-state index contributed by atoms with van der Waals surface area (Å²) in [4.78, 5) is 24.6. The van der Waals surface area contributed by atoms with E-state index < -0.39 is 0 Å². The molecule has 116 valence electrons. The normalized spacial score (nSPS) is 11.7. The van der Waals surface area contributed by atoms with Gasteiger partial charge in [-0.1, -0.05) is 18.2 Å². The van der Waals surface area contributed by atoms with Crippen molar-refractivity contribution in [3.8, 4) is 0 Å². The van der Waals surface area contributed by atoms with Crippen LogP contribution in [0, 0.1) is 0 Å². The number of carbonyl (C=O) groups is 2. The number of thioether (sulfide) groups is 1. The predicted octanol–water partition coefficient (Wildman–Crippen LogP) is 2.19. The lowest BCUT2D eigenvalue weighted by Crippen LogP contribution is -2.39. The van der Waals surface area contributed by atoms with Gasteiger partial charge in [0.1, 0.15) is 5.76 Å². The molecule has 0 fully saturated rings. The lowest BCUT2D eigenvalue weighted by Gasteiger charge is -2.11. The maximum Gasteiger partial charge on any atom is 0.239 e. The van der Waals surface area contributed by atoms with E-state index in [1.807, 2.05) is 37.3 Å². The van der Waals surface area contributed by atoms with Crippen LogP contribution >= 0.6 is 11.8 Å². The number of rotatable bonds is 7. The van der Waals surface area contributed by atoms with Gasteiger partial charge in [0, 0.05) is 4.90 Å². The van der Waals surface area contributed by atoms with Gasteiger partial charge in [-0.15, -0.1) is 11.8 Å². The Kier molecular flexibility index (Phi) is 6.09. The zero-order valence-electron chi connectivity index (χ0n) is 12.2. The molecule has 6 heteroatoms. The Labute approximate surface area is 133 Å². The monoisotopic (exact) mass is 318 g/mol. The molecule has 0 bridgehead atoms. The van der Waals surface area contributed by atoms with Crippen LogP contribution in [0.3, 0.4) is 0 Å². The first-order valence-electron chi connectivity index (χ1n) is 6.93. The second-order valence-corrected chi connectivity index (χ2v) is 6.06. The van der Waals surface area contributed by atoms with Gasteiger partial charge < -0.3 is 15.1 Å². The number of benzene rings is 1. The molecule has 0 aliphatic heterocycles. The molecule has 0 aliphatic rings. The molecule has 2 rings (SSSR count). The average molecular weight is 318 g/mol. The Hall–Kier alpha value is -2.21.